The molecule has 0 amide bonds. The zero-order chi connectivity index (χ0) is 16.7. The first-order valence-electron chi connectivity index (χ1n) is 5.58. The molecular weight excluding hydrogens is 386 g/mol. The van der Waals surface area contributed by atoms with E-state index in [1.54, 1.807) is 0 Å². The SMILES string of the molecule is O=S(=O)([O-])c1ccc2c(c1)C(S(=O)(=O)[O-])CC(=N/O)/C2=N\O.[Na+].[Na+]. The van der Waals surface area contributed by atoms with Crippen molar-refractivity contribution in [2.75, 3.05) is 0 Å². The van der Waals surface area contributed by atoms with Crippen LogP contribution in [0.4, 0.5) is 0 Å². The first-order chi connectivity index (χ1) is 10.1. The fourth-order valence-corrected chi connectivity index (χ4v) is 3.55. The van der Waals surface area contributed by atoms with Crippen LogP contribution in [0.3, 0.4) is 0 Å². The Hall–Kier alpha value is -0.0200. The molecule has 0 aromatic heterocycles. The summed E-state index contributed by atoms with van der Waals surface area (Å²) in [7, 11) is -9.83. The van der Waals surface area contributed by atoms with E-state index in [2.05, 4.69) is 10.3 Å². The summed E-state index contributed by atoms with van der Waals surface area (Å²) in [5.74, 6) is 0. The van der Waals surface area contributed by atoms with Crippen LogP contribution >= 0.6 is 0 Å². The smallest absolute Gasteiger partial charge is 0.747 e. The second-order valence-corrected chi connectivity index (χ2v) is 7.32. The second kappa shape index (κ2) is 8.58. The van der Waals surface area contributed by atoms with Gasteiger partial charge in [-0.2, -0.15) is 0 Å². The Morgan fingerprint density at radius 1 is 1.04 bits per heavy atom. The number of fused-ring (bicyclic) bond motifs is 1. The third-order valence-corrected chi connectivity index (χ3v) is 5.08. The van der Waals surface area contributed by atoms with Gasteiger partial charge in [0.2, 0.25) is 0 Å². The van der Waals surface area contributed by atoms with Crippen molar-refractivity contribution in [1.82, 2.24) is 0 Å². The summed E-state index contributed by atoms with van der Waals surface area (Å²) in [5.41, 5.74) is -1.13. The number of rotatable bonds is 2. The maximum Gasteiger partial charge on any atom is 1.00 e. The average Bonchev–Trinajstić information content (AvgIpc) is 2.42. The molecule has 2 N–H and O–H groups in total. The van der Waals surface area contributed by atoms with Crippen LogP contribution in [-0.2, 0) is 20.2 Å². The van der Waals surface area contributed by atoms with Crippen molar-refractivity contribution in [3.05, 3.63) is 29.3 Å². The molecule has 0 saturated carbocycles. The Bertz CT molecular complexity index is 895. The monoisotopic (exact) mass is 394 g/mol. The minimum Gasteiger partial charge on any atom is -0.747 e. The Kier molecular flexibility index (Phi) is 8.57. The summed E-state index contributed by atoms with van der Waals surface area (Å²) in [6.07, 6.45) is -0.628. The Balaban J connectivity index is 0.00000264. The zero-order valence-electron chi connectivity index (χ0n) is 12.6. The van der Waals surface area contributed by atoms with Crippen LogP contribution in [0.5, 0.6) is 0 Å². The normalized spacial score (nSPS) is 20.8. The maximum absolute atomic E-state index is 11.3. The van der Waals surface area contributed by atoms with Crippen molar-refractivity contribution in [1.29, 1.82) is 0 Å². The fraction of sp³-hybridized carbons (Fsp3) is 0.200. The fourth-order valence-electron chi connectivity index (χ4n) is 2.17. The molecule has 0 aliphatic heterocycles. The molecule has 0 heterocycles. The van der Waals surface area contributed by atoms with Gasteiger partial charge < -0.3 is 19.5 Å². The minimum absolute atomic E-state index is 0. The summed E-state index contributed by atoms with van der Waals surface area (Å²) in [4.78, 5) is -0.735. The van der Waals surface area contributed by atoms with E-state index in [-0.39, 0.29) is 81.7 Å². The van der Waals surface area contributed by atoms with Crippen molar-refractivity contribution in [3.63, 3.8) is 0 Å². The largest absolute Gasteiger partial charge is 1.00 e. The first-order valence-corrected chi connectivity index (χ1v) is 8.46. The van der Waals surface area contributed by atoms with Gasteiger partial charge in [-0.15, -0.1) is 0 Å². The first kappa shape index (κ1) is 24.0. The molecule has 10 nitrogen and oxygen atoms in total. The predicted molar refractivity (Wildman–Crippen MR) is 69.0 cm³/mol. The van der Waals surface area contributed by atoms with Crippen molar-refractivity contribution in [2.45, 2.75) is 16.6 Å². The van der Waals surface area contributed by atoms with Crippen molar-refractivity contribution in [2.24, 2.45) is 10.3 Å². The molecule has 1 aliphatic rings. The Labute approximate surface area is 181 Å². The van der Waals surface area contributed by atoms with Crippen molar-refractivity contribution >= 4 is 31.7 Å². The minimum atomic E-state index is -4.95. The molecule has 2 rings (SSSR count). The van der Waals surface area contributed by atoms with Crippen LogP contribution in [0.15, 0.2) is 33.4 Å². The average molecular weight is 394 g/mol. The maximum atomic E-state index is 11.3. The summed E-state index contributed by atoms with van der Waals surface area (Å²) in [6.45, 7) is 0. The summed E-state index contributed by atoms with van der Waals surface area (Å²) < 4.78 is 67.1. The van der Waals surface area contributed by atoms with E-state index >= 15 is 0 Å². The molecule has 0 bridgehead atoms. The molecule has 14 heteroatoms. The molecule has 1 unspecified atom stereocenters. The van der Waals surface area contributed by atoms with Crippen LogP contribution < -0.4 is 59.1 Å². The van der Waals surface area contributed by atoms with Gasteiger partial charge in [-0.25, -0.2) is 16.8 Å². The third-order valence-electron chi connectivity index (χ3n) is 3.13. The Morgan fingerprint density at radius 2 is 1.62 bits per heavy atom. The molecule has 1 atom stereocenters. The van der Waals surface area contributed by atoms with Crippen LogP contribution in [0.25, 0.3) is 0 Å². The van der Waals surface area contributed by atoms with Gasteiger partial charge in [0, 0.05) is 12.0 Å². The van der Waals surface area contributed by atoms with Crippen molar-refractivity contribution < 1.29 is 95.5 Å². The van der Waals surface area contributed by atoms with Gasteiger partial charge in [-0.05, 0) is 17.7 Å². The van der Waals surface area contributed by atoms with Gasteiger partial charge in [0.25, 0.3) is 0 Å². The third kappa shape index (κ3) is 4.78. The topological polar surface area (TPSA) is 180 Å². The molecule has 1 aromatic rings. The van der Waals surface area contributed by atoms with Crippen LogP contribution in [0.2, 0.25) is 0 Å². The molecule has 0 radical (unpaired) electrons. The predicted octanol–water partition coefficient (Wildman–Crippen LogP) is -6.40. The molecule has 1 aromatic carbocycles. The standard InChI is InChI=1S/C10H10N2O8S2.2Na/c13-11-8-4-9(22(18,19)20)7-3-5(21(15,16)17)1-2-6(7)10(8)12-14;;/h1-3,9,13-14H,4H2,(H,15,16,17)(H,18,19,20);;/q;2*+1/p-2/b11-8-,12-10-;;. The van der Waals surface area contributed by atoms with Gasteiger partial charge in [-0.1, -0.05) is 16.4 Å². The second-order valence-electron chi connectivity index (χ2n) is 4.38. The molecule has 1 aliphatic carbocycles. The molecule has 120 valence electrons. The van der Waals surface area contributed by atoms with E-state index in [0.29, 0.717) is 0 Å². The quantitative estimate of drug-likeness (QED) is 0.215. The molecule has 0 saturated heterocycles. The zero-order valence-corrected chi connectivity index (χ0v) is 18.2. The van der Waals surface area contributed by atoms with Crippen LogP contribution in [-0.4, -0.2) is 47.8 Å². The molecule has 0 fully saturated rings. The van der Waals surface area contributed by atoms with E-state index in [9.17, 15) is 25.9 Å². The number of hydrogen-bond donors (Lipinski definition) is 2. The van der Waals surface area contributed by atoms with Gasteiger partial charge in [0.05, 0.1) is 10.1 Å². The summed E-state index contributed by atoms with van der Waals surface area (Å²) in [5, 5.41) is 21.6. The van der Waals surface area contributed by atoms with Gasteiger partial charge in [0.1, 0.15) is 31.7 Å². The van der Waals surface area contributed by atoms with Gasteiger partial charge >= 0.3 is 59.1 Å². The van der Waals surface area contributed by atoms with Gasteiger partial charge in [0.15, 0.2) is 0 Å². The molecule has 24 heavy (non-hydrogen) atoms. The van der Waals surface area contributed by atoms with Gasteiger partial charge in [-0.3, -0.25) is 0 Å². The van der Waals surface area contributed by atoms with Crippen molar-refractivity contribution in [3.8, 4) is 0 Å². The number of nitrogens with zero attached hydrogens (tertiary/aromatic N) is 2. The van der Waals surface area contributed by atoms with E-state index in [4.69, 9.17) is 10.4 Å². The molecular formula is C10H8N2Na2O8S2. The van der Waals surface area contributed by atoms with E-state index in [1.165, 1.54) is 0 Å². The van der Waals surface area contributed by atoms with E-state index < -0.39 is 36.8 Å². The molecule has 0 spiro atoms. The summed E-state index contributed by atoms with van der Waals surface area (Å²) in [6, 6.07) is 2.59. The number of benzene rings is 1. The van der Waals surface area contributed by atoms with Crippen LogP contribution in [0, 0.1) is 0 Å². The number of oxime groups is 2. The van der Waals surface area contributed by atoms with E-state index in [0.717, 1.165) is 18.2 Å². The van der Waals surface area contributed by atoms with E-state index in [1.807, 2.05) is 0 Å². The Morgan fingerprint density at radius 3 is 2.04 bits per heavy atom. The number of hydrogen-bond acceptors (Lipinski definition) is 10. The summed E-state index contributed by atoms with van der Waals surface area (Å²) >= 11 is 0. The van der Waals surface area contributed by atoms with Crippen LogP contribution in [0.1, 0.15) is 22.8 Å².